The normalized spacial score (nSPS) is 10.7. The molecule has 26 heavy (non-hydrogen) atoms. The molecule has 6 heteroatoms. The fraction of sp³-hybridized carbons (Fsp3) is 0.300. The van der Waals surface area contributed by atoms with Crippen LogP contribution in [0.25, 0.3) is 10.9 Å². The zero-order valence-corrected chi connectivity index (χ0v) is 15.3. The summed E-state index contributed by atoms with van der Waals surface area (Å²) >= 11 is 0. The third-order valence-electron chi connectivity index (χ3n) is 4.38. The summed E-state index contributed by atoms with van der Waals surface area (Å²) in [6, 6.07) is 13.7. The maximum absolute atomic E-state index is 12.5. The fourth-order valence-corrected chi connectivity index (χ4v) is 2.94. The molecule has 0 spiro atoms. The van der Waals surface area contributed by atoms with E-state index in [0.29, 0.717) is 31.0 Å². The maximum atomic E-state index is 12.5. The highest BCUT2D eigenvalue weighted by Gasteiger charge is 2.12. The molecule has 3 rings (SSSR count). The number of hydrogen-bond donors (Lipinski definition) is 0. The molecule has 1 amide bonds. The molecule has 0 fully saturated rings. The Hall–Kier alpha value is -3.02. The van der Waals surface area contributed by atoms with Gasteiger partial charge in [-0.15, -0.1) is 0 Å². The predicted molar refractivity (Wildman–Crippen MR) is 100 cm³/mol. The number of amides is 1. The number of fused-ring (bicyclic) bond motifs is 1. The number of aromatic nitrogens is 2. The number of hydrogen-bond acceptors (Lipinski definition) is 4. The first kappa shape index (κ1) is 17.8. The first-order chi connectivity index (χ1) is 12.6. The van der Waals surface area contributed by atoms with Crippen LogP contribution >= 0.6 is 0 Å². The van der Waals surface area contributed by atoms with Crippen molar-refractivity contribution in [2.24, 2.45) is 0 Å². The molecule has 6 nitrogen and oxygen atoms in total. The van der Waals surface area contributed by atoms with Crippen LogP contribution in [-0.2, 0) is 17.9 Å². The Kier molecular flexibility index (Phi) is 5.41. The van der Waals surface area contributed by atoms with Crippen LogP contribution in [0.1, 0.15) is 12.0 Å². The van der Waals surface area contributed by atoms with Gasteiger partial charge in [0, 0.05) is 25.4 Å². The van der Waals surface area contributed by atoms with Crippen molar-refractivity contribution < 1.29 is 14.3 Å². The smallest absolute Gasteiger partial charge is 0.224 e. The van der Waals surface area contributed by atoms with E-state index in [9.17, 15) is 4.79 Å². The number of ether oxygens (including phenoxy) is 2. The van der Waals surface area contributed by atoms with Gasteiger partial charge in [0.1, 0.15) is 0 Å². The van der Waals surface area contributed by atoms with Crippen LogP contribution < -0.4 is 9.47 Å². The van der Waals surface area contributed by atoms with Crippen molar-refractivity contribution in [2.75, 3.05) is 21.3 Å². The summed E-state index contributed by atoms with van der Waals surface area (Å²) in [5, 5.41) is 5.45. The van der Waals surface area contributed by atoms with Crippen molar-refractivity contribution in [3.05, 3.63) is 54.2 Å². The largest absolute Gasteiger partial charge is 0.493 e. The zero-order valence-electron chi connectivity index (χ0n) is 15.3. The number of carbonyl (C=O) groups excluding carboxylic acids is 1. The number of carbonyl (C=O) groups is 1. The van der Waals surface area contributed by atoms with Crippen molar-refractivity contribution in [1.29, 1.82) is 0 Å². The fourth-order valence-electron chi connectivity index (χ4n) is 2.94. The third kappa shape index (κ3) is 3.79. The Morgan fingerprint density at radius 1 is 1.12 bits per heavy atom. The first-order valence-corrected chi connectivity index (χ1v) is 8.48. The predicted octanol–water partition coefficient (Wildman–Crippen LogP) is 3.10. The van der Waals surface area contributed by atoms with Gasteiger partial charge in [0.15, 0.2) is 11.5 Å². The van der Waals surface area contributed by atoms with Crippen LogP contribution in [0.15, 0.2) is 48.7 Å². The molecule has 0 radical (unpaired) electrons. The summed E-state index contributed by atoms with van der Waals surface area (Å²) in [6.07, 6.45) is 2.22. The lowest BCUT2D eigenvalue weighted by Crippen LogP contribution is -2.27. The molecule has 0 saturated heterocycles. The Balaban J connectivity index is 1.61. The molecule has 0 bridgehead atoms. The molecule has 0 atom stereocenters. The van der Waals surface area contributed by atoms with Crippen LogP contribution in [0.2, 0.25) is 0 Å². The summed E-state index contributed by atoms with van der Waals surface area (Å²) in [4.78, 5) is 14.2. The Labute approximate surface area is 152 Å². The lowest BCUT2D eigenvalue weighted by Gasteiger charge is -2.18. The molecule has 0 aliphatic carbocycles. The molecule has 0 aliphatic rings. The van der Waals surface area contributed by atoms with Gasteiger partial charge in [0.25, 0.3) is 0 Å². The minimum absolute atomic E-state index is 0.0689. The van der Waals surface area contributed by atoms with Gasteiger partial charge in [-0.1, -0.05) is 24.3 Å². The number of methoxy groups -OCH3 is 2. The highest BCUT2D eigenvalue weighted by molar-refractivity contribution is 5.79. The molecule has 2 aromatic carbocycles. The van der Waals surface area contributed by atoms with E-state index < -0.39 is 0 Å². The van der Waals surface area contributed by atoms with Crippen LogP contribution in [0.4, 0.5) is 0 Å². The molecule has 0 unspecified atom stereocenters. The second-order valence-electron chi connectivity index (χ2n) is 6.12. The molecule has 1 heterocycles. The van der Waals surface area contributed by atoms with Crippen molar-refractivity contribution in [1.82, 2.24) is 14.7 Å². The van der Waals surface area contributed by atoms with E-state index in [1.807, 2.05) is 53.3 Å². The van der Waals surface area contributed by atoms with Crippen LogP contribution in [-0.4, -0.2) is 41.9 Å². The maximum Gasteiger partial charge on any atom is 0.224 e. The number of para-hydroxylation sites is 1. The van der Waals surface area contributed by atoms with Crippen molar-refractivity contribution in [3.8, 4) is 11.5 Å². The Morgan fingerprint density at radius 2 is 1.88 bits per heavy atom. The lowest BCUT2D eigenvalue weighted by atomic mass is 10.2. The Morgan fingerprint density at radius 3 is 2.65 bits per heavy atom. The van der Waals surface area contributed by atoms with Gasteiger partial charge in [-0.2, -0.15) is 5.10 Å². The average Bonchev–Trinajstić information content (AvgIpc) is 3.09. The summed E-state index contributed by atoms with van der Waals surface area (Å²) in [5.41, 5.74) is 2.03. The molecule has 1 aromatic heterocycles. The minimum Gasteiger partial charge on any atom is -0.493 e. The summed E-state index contributed by atoms with van der Waals surface area (Å²) < 4.78 is 12.4. The van der Waals surface area contributed by atoms with Gasteiger partial charge < -0.3 is 14.4 Å². The molecule has 136 valence electrons. The summed E-state index contributed by atoms with van der Waals surface area (Å²) in [7, 11) is 5.01. The quantitative estimate of drug-likeness (QED) is 0.655. The zero-order chi connectivity index (χ0) is 18.5. The van der Waals surface area contributed by atoms with Gasteiger partial charge in [-0.25, -0.2) is 0 Å². The molecular formula is C20H23N3O3. The number of rotatable bonds is 7. The van der Waals surface area contributed by atoms with Crippen molar-refractivity contribution in [2.45, 2.75) is 19.5 Å². The number of aryl methyl sites for hydroxylation is 1. The first-order valence-electron chi connectivity index (χ1n) is 8.48. The van der Waals surface area contributed by atoms with Gasteiger partial charge >= 0.3 is 0 Å². The van der Waals surface area contributed by atoms with E-state index in [2.05, 4.69) is 5.10 Å². The van der Waals surface area contributed by atoms with Gasteiger partial charge in [-0.05, 0) is 23.8 Å². The van der Waals surface area contributed by atoms with E-state index >= 15 is 0 Å². The van der Waals surface area contributed by atoms with Gasteiger partial charge in [-0.3, -0.25) is 9.48 Å². The monoisotopic (exact) mass is 353 g/mol. The van der Waals surface area contributed by atoms with Crippen LogP contribution in [0.5, 0.6) is 11.5 Å². The second kappa shape index (κ2) is 7.91. The molecule has 0 aliphatic heterocycles. The molecule has 3 aromatic rings. The van der Waals surface area contributed by atoms with E-state index in [0.717, 1.165) is 16.5 Å². The van der Waals surface area contributed by atoms with Gasteiger partial charge in [0.05, 0.1) is 32.5 Å². The highest BCUT2D eigenvalue weighted by Crippen LogP contribution is 2.28. The van der Waals surface area contributed by atoms with Crippen LogP contribution in [0.3, 0.4) is 0 Å². The molecule has 0 saturated carbocycles. The molecule has 0 N–H and O–H groups in total. The van der Waals surface area contributed by atoms with E-state index in [4.69, 9.17) is 9.47 Å². The Bertz CT molecular complexity index is 904. The van der Waals surface area contributed by atoms with Crippen molar-refractivity contribution in [3.63, 3.8) is 0 Å². The topological polar surface area (TPSA) is 56.6 Å². The SMILES string of the molecule is COc1ccc(CN(C)C(=O)CCn2ncc3ccccc32)cc1OC. The standard InChI is InChI=1S/C20H23N3O3/c1-22(14-15-8-9-18(25-2)19(12-15)26-3)20(24)10-11-23-17-7-5-4-6-16(17)13-21-23/h4-9,12-13H,10-11,14H2,1-3H3. The minimum atomic E-state index is 0.0689. The van der Waals surface area contributed by atoms with E-state index in [1.54, 1.807) is 26.2 Å². The second-order valence-corrected chi connectivity index (χ2v) is 6.12. The molecular weight excluding hydrogens is 330 g/mol. The van der Waals surface area contributed by atoms with E-state index in [-0.39, 0.29) is 5.91 Å². The average molecular weight is 353 g/mol. The summed E-state index contributed by atoms with van der Waals surface area (Å²) in [5.74, 6) is 1.41. The number of nitrogens with zero attached hydrogens (tertiary/aromatic N) is 3. The summed E-state index contributed by atoms with van der Waals surface area (Å²) in [6.45, 7) is 1.07. The van der Waals surface area contributed by atoms with Crippen molar-refractivity contribution >= 4 is 16.8 Å². The van der Waals surface area contributed by atoms with Crippen LogP contribution in [0, 0.1) is 0 Å². The lowest BCUT2D eigenvalue weighted by molar-refractivity contribution is -0.130. The van der Waals surface area contributed by atoms with E-state index in [1.165, 1.54) is 0 Å². The number of benzene rings is 2. The third-order valence-corrected chi connectivity index (χ3v) is 4.38. The van der Waals surface area contributed by atoms with Gasteiger partial charge in [0.2, 0.25) is 5.91 Å². The highest BCUT2D eigenvalue weighted by atomic mass is 16.5.